The summed E-state index contributed by atoms with van der Waals surface area (Å²) in [5.74, 6) is -0.551. The van der Waals surface area contributed by atoms with E-state index in [4.69, 9.17) is 34.8 Å². The summed E-state index contributed by atoms with van der Waals surface area (Å²) in [6.45, 7) is 0.0308. The fraction of sp³-hybridized carbons (Fsp3) is 0.273. The second kappa shape index (κ2) is 7.55. The minimum atomic E-state index is -0.343. The van der Waals surface area contributed by atoms with E-state index in [1.807, 2.05) is 0 Å². The fourth-order valence-electron chi connectivity index (χ4n) is 1.19. The number of anilines is 1. The van der Waals surface area contributed by atoms with Crippen LogP contribution in [0.15, 0.2) is 12.1 Å². The summed E-state index contributed by atoms with van der Waals surface area (Å²) < 4.78 is 0. The Kier molecular flexibility index (Phi) is 6.37. The van der Waals surface area contributed by atoms with E-state index >= 15 is 0 Å². The molecule has 0 aliphatic heterocycles. The standard InChI is InChI=1S/C11H12Cl3N3O2/c1-15-10(18)4-16-5-11(19)17-9-3-7(13)6(12)2-8(9)14/h2-3,16H,4-5H2,1H3,(H,15,18)(H,17,19). The van der Waals surface area contributed by atoms with E-state index in [9.17, 15) is 9.59 Å². The Balaban J connectivity index is 2.53. The minimum Gasteiger partial charge on any atom is -0.358 e. The van der Waals surface area contributed by atoms with Gasteiger partial charge in [0.15, 0.2) is 0 Å². The maximum Gasteiger partial charge on any atom is 0.238 e. The van der Waals surface area contributed by atoms with E-state index in [1.54, 1.807) is 0 Å². The molecule has 0 spiro atoms. The van der Waals surface area contributed by atoms with Crippen molar-refractivity contribution in [3.05, 3.63) is 27.2 Å². The summed E-state index contributed by atoms with van der Waals surface area (Å²) in [5, 5.41) is 8.55. The van der Waals surface area contributed by atoms with Crippen LogP contribution >= 0.6 is 34.8 Å². The van der Waals surface area contributed by atoms with Gasteiger partial charge in [0, 0.05) is 7.05 Å². The number of amides is 2. The molecule has 0 aromatic heterocycles. The molecule has 1 aromatic rings. The van der Waals surface area contributed by atoms with Crippen LogP contribution < -0.4 is 16.0 Å². The first-order valence-electron chi connectivity index (χ1n) is 5.29. The summed E-state index contributed by atoms with van der Waals surface area (Å²) >= 11 is 17.5. The minimum absolute atomic E-state index is 0.0238. The molecule has 5 nitrogen and oxygen atoms in total. The number of benzene rings is 1. The van der Waals surface area contributed by atoms with Crippen LogP contribution in [0.5, 0.6) is 0 Å². The Bertz CT molecular complexity index is 494. The Morgan fingerprint density at radius 1 is 1.00 bits per heavy atom. The van der Waals surface area contributed by atoms with E-state index in [0.717, 1.165) is 0 Å². The lowest BCUT2D eigenvalue weighted by molar-refractivity contribution is -0.119. The molecule has 2 amide bonds. The van der Waals surface area contributed by atoms with Gasteiger partial charge in [-0.2, -0.15) is 0 Å². The van der Waals surface area contributed by atoms with Crippen LogP contribution in [0.2, 0.25) is 15.1 Å². The maximum absolute atomic E-state index is 11.6. The lowest BCUT2D eigenvalue weighted by Gasteiger charge is -2.09. The Labute approximate surface area is 125 Å². The molecular formula is C11H12Cl3N3O2. The molecule has 0 aliphatic rings. The van der Waals surface area contributed by atoms with Crippen molar-refractivity contribution in [2.24, 2.45) is 0 Å². The van der Waals surface area contributed by atoms with E-state index < -0.39 is 0 Å². The van der Waals surface area contributed by atoms with Crippen molar-refractivity contribution in [1.29, 1.82) is 0 Å². The van der Waals surface area contributed by atoms with Gasteiger partial charge in [-0.15, -0.1) is 0 Å². The first-order chi connectivity index (χ1) is 8.93. The normalized spacial score (nSPS) is 10.1. The van der Waals surface area contributed by atoms with Crippen molar-refractivity contribution in [3.63, 3.8) is 0 Å². The molecule has 0 radical (unpaired) electrons. The van der Waals surface area contributed by atoms with Gasteiger partial charge in [0.05, 0.1) is 33.8 Å². The number of likely N-dealkylation sites (N-methyl/N-ethyl adjacent to an activating group) is 1. The number of hydrogen-bond donors (Lipinski definition) is 3. The van der Waals surface area contributed by atoms with Crippen LogP contribution in [-0.2, 0) is 9.59 Å². The second-order valence-corrected chi connectivity index (χ2v) is 4.79. The summed E-state index contributed by atoms with van der Waals surface area (Å²) in [6.07, 6.45) is 0. The highest BCUT2D eigenvalue weighted by Gasteiger charge is 2.09. The number of carbonyl (C=O) groups is 2. The molecule has 1 aromatic carbocycles. The zero-order valence-corrected chi connectivity index (χ0v) is 12.3. The van der Waals surface area contributed by atoms with Gasteiger partial charge in [0.25, 0.3) is 0 Å². The zero-order valence-electron chi connectivity index (χ0n) is 10.0. The smallest absolute Gasteiger partial charge is 0.238 e. The highest BCUT2D eigenvalue weighted by atomic mass is 35.5. The molecule has 3 N–H and O–H groups in total. The third kappa shape index (κ3) is 5.24. The summed E-state index contributed by atoms with van der Waals surface area (Å²) in [5.41, 5.74) is 0.364. The first kappa shape index (κ1) is 16.0. The van der Waals surface area contributed by atoms with E-state index in [-0.39, 0.29) is 29.9 Å². The Hall–Kier alpha value is -1.01. The van der Waals surface area contributed by atoms with Gasteiger partial charge in [-0.25, -0.2) is 0 Å². The fourth-order valence-corrected chi connectivity index (χ4v) is 1.78. The van der Waals surface area contributed by atoms with E-state index in [2.05, 4.69) is 16.0 Å². The predicted molar refractivity (Wildman–Crippen MR) is 77.0 cm³/mol. The van der Waals surface area contributed by atoms with Crippen LogP contribution in [0.4, 0.5) is 5.69 Å². The number of halogens is 3. The molecule has 1 rings (SSSR count). The maximum atomic E-state index is 11.6. The third-order valence-corrected chi connectivity index (χ3v) is 3.17. The van der Waals surface area contributed by atoms with Crippen LogP contribution in [0, 0.1) is 0 Å². The van der Waals surface area contributed by atoms with Crippen LogP contribution in [0.3, 0.4) is 0 Å². The van der Waals surface area contributed by atoms with Crippen molar-refractivity contribution < 1.29 is 9.59 Å². The summed E-state index contributed by atoms with van der Waals surface area (Å²) in [4.78, 5) is 22.5. The number of rotatable bonds is 5. The molecule has 8 heteroatoms. The van der Waals surface area contributed by atoms with Gasteiger partial charge in [0.2, 0.25) is 11.8 Å². The molecule has 0 unspecified atom stereocenters. The Morgan fingerprint density at radius 2 is 1.58 bits per heavy atom. The van der Waals surface area contributed by atoms with Crippen molar-refractivity contribution >= 4 is 52.3 Å². The van der Waals surface area contributed by atoms with Crippen LogP contribution in [-0.4, -0.2) is 32.0 Å². The highest BCUT2D eigenvalue weighted by molar-refractivity contribution is 6.44. The van der Waals surface area contributed by atoms with Gasteiger partial charge in [-0.3, -0.25) is 14.9 Å². The monoisotopic (exact) mass is 323 g/mol. The third-order valence-electron chi connectivity index (χ3n) is 2.13. The zero-order chi connectivity index (χ0) is 14.4. The number of hydrogen-bond acceptors (Lipinski definition) is 3. The number of carbonyl (C=O) groups excluding carboxylic acids is 2. The lowest BCUT2D eigenvalue weighted by atomic mass is 10.3. The van der Waals surface area contributed by atoms with Crippen molar-refractivity contribution in [2.45, 2.75) is 0 Å². The predicted octanol–water partition coefficient (Wildman–Crippen LogP) is 1.92. The van der Waals surface area contributed by atoms with Gasteiger partial charge in [0.1, 0.15) is 0 Å². The SMILES string of the molecule is CNC(=O)CNCC(=O)Nc1cc(Cl)c(Cl)cc1Cl. The van der Waals surface area contributed by atoms with Crippen LogP contribution in [0.1, 0.15) is 0 Å². The van der Waals surface area contributed by atoms with Crippen molar-refractivity contribution in [2.75, 3.05) is 25.5 Å². The molecule has 104 valence electrons. The van der Waals surface area contributed by atoms with E-state index in [1.165, 1.54) is 19.2 Å². The molecule has 0 saturated carbocycles. The van der Waals surface area contributed by atoms with Crippen molar-refractivity contribution in [3.8, 4) is 0 Å². The number of nitrogens with one attached hydrogen (secondary N) is 3. The van der Waals surface area contributed by atoms with E-state index in [0.29, 0.717) is 15.7 Å². The molecule has 0 saturated heterocycles. The molecule has 0 atom stereocenters. The van der Waals surface area contributed by atoms with Gasteiger partial charge in [-0.1, -0.05) is 34.8 Å². The van der Waals surface area contributed by atoms with Gasteiger partial charge < -0.3 is 10.6 Å². The lowest BCUT2D eigenvalue weighted by Crippen LogP contribution is -2.36. The van der Waals surface area contributed by atoms with Crippen LogP contribution in [0.25, 0.3) is 0 Å². The molecule has 0 fully saturated rings. The quantitative estimate of drug-likeness (QED) is 0.725. The summed E-state index contributed by atoms with van der Waals surface area (Å²) in [6, 6.07) is 2.90. The molecule has 0 bridgehead atoms. The second-order valence-electron chi connectivity index (χ2n) is 3.57. The molecular weight excluding hydrogens is 312 g/mol. The largest absolute Gasteiger partial charge is 0.358 e. The average Bonchev–Trinajstić information content (AvgIpc) is 2.35. The molecule has 19 heavy (non-hydrogen) atoms. The Morgan fingerprint density at radius 3 is 2.21 bits per heavy atom. The highest BCUT2D eigenvalue weighted by Crippen LogP contribution is 2.32. The molecule has 0 heterocycles. The van der Waals surface area contributed by atoms with Gasteiger partial charge in [-0.05, 0) is 12.1 Å². The average molecular weight is 325 g/mol. The molecule has 0 aliphatic carbocycles. The van der Waals surface area contributed by atoms with Crippen molar-refractivity contribution in [1.82, 2.24) is 10.6 Å². The summed E-state index contributed by atoms with van der Waals surface area (Å²) in [7, 11) is 1.51. The first-order valence-corrected chi connectivity index (χ1v) is 6.43. The topological polar surface area (TPSA) is 70.2 Å². The van der Waals surface area contributed by atoms with Gasteiger partial charge >= 0.3 is 0 Å².